The van der Waals surface area contributed by atoms with Crippen LogP contribution in [0.1, 0.15) is 31.9 Å². The number of hydrogen-bond acceptors (Lipinski definition) is 0. The monoisotopic (exact) mass is 198 g/mol. The normalized spacial score (nSPS) is 12.7. The quantitative estimate of drug-likeness (QED) is 0.617. The maximum Gasteiger partial charge on any atom is -0.0182 e. The molecular formula is C15H18. The third-order valence-electron chi connectivity index (χ3n) is 2.62. The van der Waals surface area contributed by atoms with Gasteiger partial charge < -0.3 is 0 Å². The van der Waals surface area contributed by atoms with E-state index in [0.717, 1.165) is 0 Å². The molecule has 0 atom stereocenters. The summed E-state index contributed by atoms with van der Waals surface area (Å²) in [7, 11) is 0. The Bertz CT molecular complexity index is 406. The van der Waals surface area contributed by atoms with Crippen LogP contribution < -0.4 is 0 Å². The number of rotatable bonds is 3. The Balaban J connectivity index is 3.18. The fraction of sp³-hybridized carbons (Fsp3) is 0.200. The largest absolute Gasteiger partial charge is 0.0985 e. The minimum Gasteiger partial charge on any atom is -0.0985 e. The van der Waals surface area contributed by atoms with E-state index >= 15 is 0 Å². The van der Waals surface area contributed by atoms with E-state index in [2.05, 4.69) is 56.8 Å². The van der Waals surface area contributed by atoms with Crippen LogP contribution in [0.4, 0.5) is 0 Å². The Labute approximate surface area is 92.6 Å². The Kier molecular flexibility index (Phi) is 4.11. The average molecular weight is 198 g/mol. The van der Waals surface area contributed by atoms with Crippen molar-refractivity contribution in [2.45, 2.75) is 20.8 Å². The van der Waals surface area contributed by atoms with Crippen molar-refractivity contribution in [2.75, 3.05) is 0 Å². The second-order valence-corrected chi connectivity index (χ2v) is 3.50. The lowest BCUT2D eigenvalue weighted by Gasteiger charge is -2.06. The summed E-state index contributed by atoms with van der Waals surface area (Å²) in [4.78, 5) is 0. The van der Waals surface area contributed by atoms with E-state index in [1.807, 2.05) is 13.0 Å². The molecule has 0 fully saturated rings. The summed E-state index contributed by atoms with van der Waals surface area (Å²) in [6.07, 6.45) is 6.10. The molecule has 0 aromatic heterocycles. The van der Waals surface area contributed by atoms with Crippen LogP contribution in [0.25, 0.3) is 11.1 Å². The Hall–Kier alpha value is -1.56. The third-order valence-corrected chi connectivity index (χ3v) is 2.62. The van der Waals surface area contributed by atoms with Gasteiger partial charge in [0.1, 0.15) is 0 Å². The van der Waals surface area contributed by atoms with Gasteiger partial charge in [0, 0.05) is 0 Å². The van der Waals surface area contributed by atoms with Gasteiger partial charge in [-0.05, 0) is 49.1 Å². The van der Waals surface area contributed by atoms with Gasteiger partial charge in [0.25, 0.3) is 0 Å². The van der Waals surface area contributed by atoms with E-state index in [0.29, 0.717) is 0 Å². The van der Waals surface area contributed by atoms with Crippen molar-refractivity contribution in [3.63, 3.8) is 0 Å². The van der Waals surface area contributed by atoms with E-state index in [-0.39, 0.29) is 0 Å². The van der Waals surface area contributed by atoms with Crippen molar-refractivity contribution in [1.82, 2.24) is 0 Å². The van der Waals surface area contributed by atoms with Crippen molar-refractivity contribution in [1.29, 1.82) is 0 Å². The first-order valence-electron chi connectivity index (χ1n) is 5.25. The first-order chi connectivity index (χ1) is 7.22. The molecule has 0 heterocycles. The van der Waals surface area contributed by atoms with Crippen LogP contribution in [0.15, 0.2) is 49.1 Å². The number of hydrogen-bond donors (Lipinski definition) is 0. The molecule has 0 aliphatic rings. The van der Waals surface area contributed by atoms with E-state index in [1.165, 1.54) is 22.3 Å². The first-order valence-corrected chi connectivity index (χ1v) is 5.25. The molecule has 0 unspecified atom stereocenters. The zero-order valence-corrected chi connectivity index (χ0v) is 9.75. The summed E-state index contributed by atoms with van der Waals surface area (Å²) in [6.45, 7) is 10.0. The molecule has 1 aromatic carbocycles. The molecule has 78 valence electrons. The molecule has 15 heavy (non-hydrogen) atoms. The van der Waals surface area contributed by atoms with Crippen LogP contribution in [-0.2, 0) is 0 Å². The van der Waals surface area contributed by atoms with E-state index in [9.17, 15) is 0 Å². The third kappa shape index (κ3) is 2.69. The second kappa shape index (κ2) is 5.35. The van der Waals surface area contributed by atoms with Gasteiger partial charge >= 0.3 is 0 Å². The van der Waals surface area contributed by atoms with Gasteiger partial charge in [-0.1, -0.05) is 43.0 Å². The fourth-order valence-corrected chi connectivity index (χ4v) is 1.51. The maximum atomic E-state index is 3.82. The van der Waals surface area contributed by atoms with Crippen molar-refractivity contribution in [3.05, 3.63) is 60.2 Å². The molecule has 1 rings (SSSR count). The molecule has 0 saturated heterocycles. The molecule has 0 aliphatic heterocycles. The Morgan fingerprint density at radius 3 is 2.33 bits per heavy atom. The lowest BCUT2D eigenvalue weighted by atomic mass is 9.99. The lowest BCUT2D eigenvalue weighted by molar-refractivity contribution is 1.51. The summed E-state index contributed by atoms with van der Waals surface area (Å²) in [5, 5.41) is 0. The van der Waals surface area contributed by atoms with Crippen LogP contribution in [0.2, 0.25) is 0 Å². The molecule has 0 N–H and O–H groups in total. The summed E-state index contributed by atoms with van der Waals surface area (Å²) in [6, 6.07) is 8.54. The smallest absolute Gasteiger partial charge is 0.0182 e. The molecule has 1 aromatic rings. The molecule has 0 spiro atoms. The fourth-order valence-electron chi connectivity index (χ4n) is 1.51. The average Bonchev–Trinajstić information content (AvgIpc) is 2.30. The predicted molar refractivity (Wildman–Crippen MR) is 69.6 cm³/mol. The molecule has 0 amide bonds. The molecule has 0 aliphatic carbocycles. The summed E-state index contributed by atoms with van der Waals surface area (Å²) in [5.41, 5.74) is 4.99. The molecule has 0 bridgehead atoms. The predicted octanol–water partition coefficient (Wildman–Crippen LogP) is 4.70. The highest BCUT2D eigenvalue weighted by molar-refractivity contribution is 5.76. The van der Waals surface area contributed by atoms with E-state index in [4.69, 9.17) is 0 Å². The van der Waals surface area contributed by atoms with Crippen molar-refractivity contribution >= 4 is 11.1 Å². The van der Waals surface area contributed by atoms with Crippen LogP contribution in [0.5, 0.6) is 0 Å². The molecule has 0 radical (unpaired) electrons. The standard InChI is InChI=1S/C15H18/c1-5-12(4)14-9-8-10-15(11-14)13(6-2)7-3/h5-11H,2H2,1,3-4H3/b12-5+,13-7+. The van der Waals surface area contributed by atoms with Crippen molar-refractivity contribution in [2.24, 2.45) is 0 Å². The number of allylic oxidation sites excluding steroid dienone is 5. The molecule has 0 saturated carbocycles. The summed E-state index contributed by atoms with van der Waals surface area (Å²) < 4.78 is 0. The molecule has 0 heteroatoms. The highest BCUT2D eigenvalue weighted by atomic mass is 14.0. The van der Waals surface area contributed by atoms with Gasteiger partial charge in [0.15, 0.2) is 0 Å². The van der Waals surface area contributed by atoms with E-state index < -0.39 is 0 Å². The van der Waals surface area contributed by atoms with E-state index in [1.54, 1.807) is 0 Å². The zero-order valence-electron chi connectivity index (χ0n) is 9.75. The molecule has 0 nitrogen and oxygen atoms in total. The van der Waals surface area contributed by atoms with Gasteiger partial charge in [-0.3, -0.25) is 0 Å². The minimum absolute atomic E-state index is 1.18. The van der Waals surface area contributed by atoms with Crippen LogP contribution >= 0.6 is 0 Å². The second-order valence-electron chi connectivity index (χ2n) is 3.50. The van der Waals surface area contributed by atoms with Gasteiger partial charge in [0.2, 0.25) is 0 Å². The SMILES string of the molecule is C=C/C(=C\C)c1cccc(/C(C)=C/C)c1. The van der Waals surface area contributed by atoms with Crippen LogP contribution in [0.3, 0.4) is 0 Å². The number of benzene rings is 1. The van der Waals surface area contributed by atoms with Crippen molar-refractivity contribution < 1.29 is 0 Å². The Morgan fingerprint density at radius 1 is 1.13 bits per heavy atom. The Morgan fingerprint density at radius 2 is 1.80 bits per heavy atom. The summed E-state index contributed by atoms with van der Waals surface area (Å²) >= 11 is 0. The first kappa shape index (κ1) is 11.5. The zero-order chi connectivity index (χ0) is 11.3. The molecular weight excluding hydrogens is 180 g/mol. The van der Waals surface area contributed by atoms with Crippen molar-refractivity contribution in [3.8, 4) is 0 Å². The van der Waals surface area contributed by atoms with Gasteiger partial charge in [0.05, 0.1) is 0 Å². The maximum absolute atomic E-state index is 3.82. The lowest BCUT2D eigenvalue weighted by Crippen LogP contribution is -1.84. The highest BCUT2D eigenvalue weighted by Gasteiger charge is 1.99. The van der Waals surface area contributed by atoms with Gasteiger partial charge in [-0.25, -0.2) is 0 Å². The van der Waals surface area contributed by atoms with Gasteiger partial charge in [-0.15, -0.1) is 0 Å². The van der Waals surface area contributed by atoms with Gasteiger partial charge in [-0.2, -0.15) is 0 Å². The summed E-state index contributed by atoms with van der Waals surface area (Å²) in [5.74, 6) is 0. The van der Waals surface area contributed by atoms with Crippen LogP contribution in [-0.4, -0.2) is 0 Å². The minimum atomic E-state index is 1.18. The topological polar surface area (TPSA) is 0 Å². The van der Waals surface area contributed by atoms with Crippen LogP contribution in [0, 0.1) is 0 Å². The highest BCUT2D eigenvalue weighted by Crippen LogP contribution is 2.20.